The van der Waals surface area contributed by atoms with Crippen molar-refractivity contribution in [1.29, 1.82) is 0 Å². The summed E-state index contributed by atoms with van der Waals surface area (Å²) in [6.45, 7) is 0.811. The van der Waals surface area contributed by atoms with Gasteiger partial charge in [-0.05, 0) is 18.4 Å². The van der Waals surface area contributed by atoms with E-state index in [1.807, 2.05) is 53.4 Å². The van der Waals surface area contributed by atoms with Gasteiger partial charge in [-0.15, -0.1) is 11.8 Å². The van der Waals surface area contributed by atoms with Gasteiger partial charge in [-0.3, -0.25) is 9.59 Å². The van der Waals surface area contributed by atoms with E-state index in [2.05, 4.69) is 12.1 Å². The van der Waals surface area contributed by atoms with Gasteiger partial charge < -0.3 is 4.90 Å². The molecule has 2 aromatic rings. The lowest BCUT2D eigenvalue weighted by Gasteiger charge is -2.25. The van der Waals surface area contributed by atoms with E-state index < -0.39 is 0 Å². The molecule has 1 aliphatic heterocycles. The smallest absolute Gasteiger partial charge is 0.233 e. The van der Waals surface area contributed by atoms with Gasteiger partial charge in [-0.25, -0.2) is 0 Å². The molecule has 3 nitrogen and oxygen atoms in total. The summed E-state index contributed by atoms with van der Waals surface area (Å²) in [6.07, 6.45) is 2.06. The predicted molar refractivity (Wildman–Crippen MR) is 98.2 cm³/mol. The molecule has 0 aliphatic carbocycles. The molecule has 0 aromatic heterocycles. The van der Waals surface area contributed by atoms with Crippen molar-refractivity contribution in [1.82, 2.24) is 4.90 Å². The van der Waals surface area contributed by atoms with Gasteiger partial charge in [0.25, 0.3) is 0 Å². The number of Topliss-reactive ketones (excluding diaryl/α,β-unsaturated/α-hetero) is 1. The number of benzene rings is 2. The third kappa shape index (κ3) is 4.06. The Balaban J connectivity index is 1.52. The minimum absolute atomic E-state index is 0.0782. The van der Waals surface area contributed by atoms with E-state index in [9.17, 15) is 9.59 Å². The van der Waals surface area contributed by atoms with Crippen LogP contribution < -0.4 is 0 Å². The highest BCUT2D eigenvalue weighted by Gasteiger charge is 2.29. The first-order valence-electron chi connectivity index (χ1n) is 8.26. The van der Waals surface area contributed by atoms with Gasteiger partial charge in [0.05, 0.1) is 17.5 Å². The molecule has 3 rings (SSSR count). The summed E-state index contributed by atoms with van der Waals surface area (Å²) in [4.78, 5) is 26.6. The minimum Gasteiger partial charge on any atom is -0.335 e. The van der Waals surface area contributed by atoms with Crippen LogP contribution in [0.1, 0.15) is 34.8 Å². The number of nitrogens with zero attached hydrogens (tertiary/aromatic N) is 1. The Morgan fingerprint density at radius 3 is 2.33 bits per heavy atom. The molecule has 4 heteroatoms. The number of ketones is 1. The van der Waals surface area contributed by atoms with Gasteiger partial charge in [-0.1, -0.05) is 60.7 Å². The Morgan fingerprint density at radius 2 is 1.62 bits per heavy atom. The van der Waals surface area contributed by atoms with Crippen LogP contribution in [0.15, 0.2) is 60.7 Å². The lowest BCUT2D eigenvalue weighted by molar-refractivity contribution is -0.129. The van der Waals surface area contributed by atoms with Crippen molar-refractivity contribution in [2.45, 2.75) is 18.9 Å². The molecule has 1 aliphatic rings. The number of carbonyl (C=O) groups excluding carboxylic acids is 2. The zero-order chi connectivity index (χ0) is 16.8. The van der Waals surface area contributed by atoms with Crippen LogP contribution in [0.4, 0.5) is 0 Å². The maximum atomic E-state index is 12.5. The van der Waals surface area contributed by atoms with E-state index in [-0.39, 0.29) is 17.7 Å². The molecular formula is C20H21NO2S. The van der Waals surface area contributed by atoms with E-state index in [4.69, 9.17) is 0 Å². The highest BCUT2D eigenvalue weighted by Crippen LogP contribution is 2.32. The number of hydrogen-bond acceptors (Lipinski definition) is 3. The SMILES string of the molecule is O=C(CSCC(=O)N1CCC[C@H]1c1ccccc1)c1ccccc1. The summed E-state index contributed by atoms with van der Waals surface area (Å²) in [5.41, 5.74) is 1.91. The molecule has 1 saturated heterocycles. The molecule has 124 valence electrons. The second kappa shape index (κ2) is 8.15. The van der Waals surface area contributed by atoms with E-state index in [0.29, 0.717) is 17.1 Å². The Morgan fingerprint density at radius 1 is 0.958 bits per heavy atom. The highest BCUT2D eigenvalue weighted by atomic mass is 32.2. The fourth-order valence-electron chi connectivity index (χ4n) is 3.11. The second-order valence-electron chi connectivity index (χ2n) is 5.94. The summed E-state index contributed by atoms with van der Waals surface area (Å²) in [5, 5.41) is 0. The molecule has 1 atom stereocenters. The van der Waals surface area contributed by atoms with Crippen LogP contribution in [0.5, 0.6) is 0 Å². The van der Waals surface area contributed by atoms with E-state index in [0.717, 1.165) is 19.4 Å². The molecule has 0 spiro atoms. The largest absolute Gasteiger partial charge is 0.335 e. The van der Waals surface area contributed by atoms with Crippen molar-refractivity contribution in [2.24, 2.45) is 0 Å². The van der Waals surface area contributed by atoms with Crippen molar-refractivity contribution in [2.75, 3.05) is 18.1 Å². The Bertz CT molecular complexity index is 687. The minimum atomic E-state index is 0.0782. The van der Waals surface area contributed by atoms with Gasteiger partial charge in [0.15, 0.2) is 5.78 Å². The maximum absolute atomic E-state index is 12.5. The molecule has 0 unspecified atom stereocenters. The highest BCUT2D eigenvalue weighted by molar-refractivity contribution is 8.00. The van der Waals surface area contributed by atoms with Gasteiger partial charge in [-0.2, -0.15) is 0 Å². The standard InChI is InChI=1S/C20H21NO2S/c22-19(17-10-5-2-6-11-17)14-24-15-20(23)21-13-7-12-18(21)16-8-3-1-4-9-16/h1-6,8-11,18H,7,12-15H2/t18-/m0/s1. The molecule has 1 heterocycles. The first-order chi connectivity index (χ1) is 11.8. The van der Waals surface area contributed by atoms with Crippen molar-refractivity contribution >= 4 is 23.5 Å². The predicted octanol–water partition coefficient (Wildman–Crippen LogP) is 3.97. The van der Waals surface area contributed by atoms with Crippen LogP contribution in [0.3, 0.4) is 0 Å². The number of thioether (sulfide) groups is 1. The average molecular weight is 339 g/mol. The molecule has 1 amide bonds. The van der Waals surface area contributed by atoms with Crippen LogP contribution >= 0.6 is 11.8 Å². The van der Waals surface area contributed by atoms with Crippen LogP contribution in [0.2, 0.25) is 0 Å². The summed E-state index contributed by atoms with van der Waals surface area (Å²) in [7, 11) is 0. The number of hydrogen-bond donors (Lipinski definition) is 0. The normalized spacial score (nSPS) is 17.0. The van der Waals surface area contributed by atoms with Crippen molar-refractivity contribution < 1.29 is 9.59 Å². The van der Waals surface area contributed by atoms with E-state index in [1.54, 1.807) is 0 Å². The van der Waals surface area contributed by atoms with Gasteiger partial charge >= 0.3 is 0 Å². The Labute approximate surface area is 147 Å². The number of amides is 1. The first-order valence-corrected chi connectivity index (χ1v) is 9.41. The molecule has 24 heavy (non-hydrogen) atoms. The third-order valence-corrected chi connectivity index (χ3v) is 5.23. The molecule has 1 fully saturated rings. The van der Waals surface area contributed by atoms with Crippen LogP contribution in [0.25, 0.3) is 0 Å². The number of likely N-dealkylation sites (tertiary alicyclic amines) is 1. The van der Waals surface area contributed by atoms with Crippen LogP contribution in [-0.4, -0.2) is 34.6 Å². The topological polar surface area (TPSA) is 37.4 Å². The number of rotatable bonds is 6. The molecule has 0 N–H and O–H groups in total. The molecule has 0 radical (unpaired) electrons. The monoisotopic (exact) mass is 339 g/mol. The van der Waals surface area contributed by atoms with Gasteiger partial charge in [0, 0.05) is 12.1 Å². The fourth-order valence-corrected chi connectivity index (χ4v) is 3.90. The molecular weight excluding hydrogens is 318 g/mol. The lowest BCUT2D eigenvalue weighted by Crippen LogP contribution is -2.32. The van der Waals surface area contributed by atoms with Crippen LogP contribution in [-0.2, 0) is 4.79 Å². The van der Waals surface area contributed by atoms with Gasteiger partial charge in [0.1, 0.15) is 0 Å². The summed E-state index contributed by atoms with van der Waals surface area (Å²) in [5.74, 6) is 0.920. The molecule has 0 saturated carbocycles. The maximum Gasteiger partial charge on any atom is 0.233 e. The zero-order valence-electron chi connectivity index (χ0n) is 13.6. The summed E-state index contributed by atoms with van der Waals surface area (Å²) in [6, 6.07) is 19.6. The fraction of sp³-hybridized carbons (Fsp3) is 0.300. The average Bonchev–Trinajstić information content (AvgIpc) is 3.13. The van der Waals surface area contributed by atoms with Crippen molar-refractivity contribution in [3.05, 3.63) is 71.8 Å². The Hall–Kier alpha value is -2.07. The lowest BCUT2D eigenvalue weighted by atomic mass is 10.0. The molecule has 0 bridgehead atoms. The zero-order valence-corrected chi connectivity index (χ0v) is 14.4. The Kier molecular flexibility index (Phi) is 5.70. The van der Waals surface area contributed by atoms with E-state index >= 15 is 0 Å². The van der Waals surface area contributed by atoms with Crippen molar-refractivity contribution in [3.63, 3.8) is 0 Å². The third-order valence-electron chi connectivity index (χ3n) is 4.31. The first kappa shape index (κ1) is 16.8. The summed E-state index contributed by atoms with van der Waals surface area (Å²) < 4.78 is 0. The van der Waals surface area contributed by atoms with E-state index in [1.165, 1.54) is 17.3 Å². The number of carbonyl (C=O) groups is 2. The quantitative estimate of drug-likeness (QED) is 0.748. The van der Waals surface area contributed by atoms with Crippen molar-refractivity contribution in [3.8, 4) is 0 Å². The molecule has 2 aromatic carbocycles. The van der Waals surface area contributed by atoms with Crippen LogP contribution in [0, 0.1) is 0 Å². The summed E-state index contributed by atoms with van der Waals surface area (Å²) >= 11 is 1.41. The van der Waals surface area contributed by atoms with Gasteiger partial charge in [0.2, 0.25) is 5.91 Å². The second-order valence-corrected chi connectivity index (χ2v) is 6.92.